The lowest BCUT2D eigenvalue weighted by molar-refractivity contribution is 0.659. The van der Waals surface area contributed by atoms with E-state index < -0.39 is 0 Å². The highest BCUT2D eigenvalue weighted by Gasteiger charge is 2.07. The molecule has 0 spiro atoms. The summed E-state index contributed by atoms with van der Waals surface area (Å²) in [6.45, 7) is 3.63. The third kappa shape index (κ3) is 1.53. The highest BCUT2D eigenvalue weighted by Crippen LogP contribution is 2.03. The highest BCUT2D eigenvalue weighted by molar-refractivity contribution is 5.15. The molecule has 0 aliphatic rings. The van der Waals surface area contributed by atoms with E-state index in [1.54, 1.807) is 20.0 Å². The number of nitrogens with two attached hydrogens (primary N) is 1. The maximum Gasteiger partial charge on any atom is 0.271 e. The highest BCUT2D eigenvalue weighted by atomic mass is 16.1. The fourth-order valence-electron chi connectivity index (χ4n) is 1.11. The van der Waals surface area contributed by atoms with E-state index in [1.165, 1.54) is 4.68 Å². The maximum absolute atomic E-state index is 11.4. The summed E-state index contributed by atoms with van der Waals surface area (Å²) >= 11 is 0. The molecular formula is C8H13N3O. The zero-order valence-electron chi connectivity index (χ0n) is 7.53. The molecule has 12 heavy (non-hydrogen) atoms. The minimum Gasteiger partial charge on any atom is -0.324 e. The van der Waals surface area contributed by atoms with Crippen molar-refractivity contribution < 1.29 is 0 Å². The predicted molar refractivity (Wildman–Crippen MR) is 46.8 cm³/mol. The van der Waals surface area contributed by atoms with Crippen molar-refractivity contribution >= 4 is 0 Å². The molecule has 1 rings (SSSR count). The minimum atomic E-state index is -0.231. The summed E-state index contributed by atoms with van der Waals surface area (Å²) in [6, 6.07) is 1.50. The van der Waals surface area contributed by atoms with Gasteiger partial charge in [0.2, 0.25) is 0 Å². The number of nitrogens with zero attached hydrogens (tertiary/aromatic N) is 2. The van der Waals surface area contributed by atoms with E-state index in [1.807, 2.05) is 6.92 Å². The smallest absolute Gasteiger partial charge is 0.271 e. The van der Waals surface area contributed by atoms with Gasteiger partial charge in [-0.1, -0.05) is 0 Å². The van der Waals surface area contributed by atoms with Crippen LogP contribution < -0.4 is 11.3 Å². The molecule has 4 heteroatoms. The van der Waals surface area contributed by atoms with Crippen LogP contribution in [-0.2, 0) is 7.05 Å². The molecule has 0 radical (unpaired) electrons. The summed E-state index contributed by atoms with van der Waals surface area (Å²) in [5.41, 5.74) is 6.92. The Labute approximate surface area is 71.0 Å². The average molecular weight is 167 g/mol. The Morgan fingerprint density at radius 3 is 2.75 bits per heavy atom. The molecule has 2 N–H and O–H groups in total. The van der Waals surface area contributed by atoms with Gasteiger partial charge in [-0.2, -0.15) is 5.10 Å². The molecule has 0 aliphatic carbocycles. The SMILES string of the molecule is Cc1cc(C(C)N)c(=O)n(C)n1. The van der Waals surface area contributed by atoms with Crippen LogP contribution in [0.25, 0.3) is 0 Å². The molecule has 0 saturated heterocycles. The summed E-state index contributed by atoms with van der Waals surface area (Å²) in [7, 11) is 1.63. The van der Waals surface area contributed by atoms with Crippen LogP contribution in [0.2, 0.25) is 0 Å². The molecule has 1 atom stereocenters. The fraction of sp³-hybridized carbons (Fsp3) is 0.500. The van der Waals surface area contributed by atoms with Gasteiger partial charge in [-0.3, -0.25) is 4.79 Å². The van der Waals surface area contributed by atoms with Gasteiger partial charge in [0.15, 0.2) is 0 Å². The Kier molecular flexibility index (Phi) is 2.28. The molecule has 0 aliphatic heterocycles. The van der Waals surface area contributed by atoms with Crippen molar-refractivity contribution in [3.05, 3.63) is 27.7 Å². The summed E-state index contributed by atoms with van der Waals surface area (Å²) in [5, 5.41) is 3.96. The Hall–Kier alpha value is -1.16. The quantitative estimate of drug-likeness (QED) is 0.645. The standard InChI is InChI=1S/C8H13N3O/c1-5-4-7(6(2)9)8(12)11(3)10-5/h4,6H,9H2,1-3H3. The molecule has 0 aromatic carbocycles. The number of rotatable bonds is 1. The zero-order valence-corrected chi connectivity index (χ0v) is 7.53. The van der Waals surface area contributed by atoms with E-state index in [9.17, 15) is 4.79 Å². The van der Waals surface area contributed by atoms with Crippen LogP contribution in [0.4, 0.5) is 0 Å². The number of hydrogen-bond acceptors (Lipinski definition) is 3. The summed E-state index contributed by atoms with van der Waals surface area (Å²) in [4.78, 5) is 11.4. The van der Waals surface area contributed by atoms with Crippen LogP contribution in [-0.4, -0.2) is 9.78 Å². The lowest BCUT2D eigenvalue weighted by atomic mass is 10.1. The van der Waals surface area contributed by atoms with Crippen LogP contribution >= 0.6 is 0 Å². The normalized spacial score (nSPS) is 13.0. The Morgan fingerprint density at radius 2 is 2.25 bits per heavy atom. The van der Waals surface area contributed by atoms with E-state index in [2.05, 4.69) is 5.10 Å². The molecule has 1 unspecified atom stereocenters. The molecule has 1 aromatic heterocycles. The first-order valence-corrected chi connectivity index (χ1v) is 3.83. The van der Waals surface area contributed by atoms with Gasteiger partial charge in [-0.25, -0.2) is 4.68 Å². The molecule has 0 amide bonds. The van der Waals surface area contributed by atoms with Gasteiger partial charge in [0.25, 0.3) is 5.56 Å². The zero-order chi connectivity index (χ0) is 9.30. The second-order valence-electron chi connectivity index (χ2n) is 2.96. The van der Waals surface area contributed by atoms with Crippen molar-refractivity contribution in [3.63, 3.8) is 0 Å². The van der Waals surface area contributed by atoms with Gasteiger partial charge in [0, 0.05) is 18.7 Å². The largest absolute Gasteiger partial charge is 0.324 e. The monoisotopic (exact) mass is 167 g/mol. The van der Waals surface area contributed by atoms with Gasteiger partial charge in [-0.15, -0.1) is 0 Å². The first-order chi connectivity index (χ1) is 5.52. The van der Waals surface area contributed by atoms with Crippen LogP contribution in [0, 0.1) is 6.92 Å². The third-order valence-electron chi connectivity index (χ3n) is 1.70. The second kappa shape index (κ2) is 3.06. The topological polar surface area (TPSA) is 60.9 Å². The lowest BCUT2D eigenvalue weighted by Crippen LogP contribution is -2.27. The van der Waals surface area contributed by atoms with E-state index in [4.69, 9.17) is 5.73 Å². The Bertz CT molecular complexity index is 341. The van der Waals surface area contributed by atoms with Gasteiger partial charge in [-0.05, 0) is 19.9 Å². The molecule has 0 fully saturated rings. The van der Waals surface area contributed by atoms with E-state index >= 15 is 0 Å². The Morgan fingerprint density at radius 1 is 1.67 bits per heavy atom. The lowest BCUT2D eigenvalue weighted by Gasteiger charge is -2.06. The Balaban J connectivity index is 3.38. The molecule has 4 nitrogen and oxygen atoms in total. The first-order valence-electron chi connectivity index (χ1n) is 3.83. The maximum atomic E-state index is 11.4. The van der Waals surface area contributed by atoms with Crippen molar-refractivity contribution in [1.29, 1.82) is 0 Å². The molecule has 1 aromatic rings. The van der Waals surface area contributed by atoms with Crippen molar-refractivity contribution in [2.45, 2.75) is 19.9 Å². The molecule has 66 valence electrons. The van der Waals surface area contributed by atoms with Crippen molar-refractivity contribution in [2.24, 2.45) is 12.8 Å². The first kappa shape index (κ1) is 8.93. The second-order valence-corrected chi connectivity index (χ2v) is 2.96. The summed E-state index contributed by atoms with van der Waals surface area (Å²) in [5.74, 6) is 0. The molecule has 0 saturated carbocycles. The van der Waals surface area contributed by atoms with Crippen LogP contribution in [0.15, 0.2) is 10.9 Å². The summed E-state index contributed by atoms with van der Waals surface area (Å²) < 4.78 is 1.31. The summed E-state index contributed by atoms with van der Waals surface area (Å²) in [6.07, 6.45) is 0. The van der Waals surface area contributed by atoms with Crippen LogP contribution in [0.5, 0.6) is 0 Å². The van der Waals surface area contributed by atoms with Crippen LogP contribution in [0.1, 0.15) is 24.2 Å². The third-order valence-corrected chi connectivity index (χ3v) is 1.70. The molecular weight excluding hydrogens is 154 g/mol. The number of aryl methyl sites for hydroxylation is 2. The van der Waals surface area contributed by atoms with Gasteiger partial charge >= 0.3 is 0 Å². The number of hydrogen-bond donors (Lipinski definition) is 1. The van der Waals surface area contributed by atoms with Crippen molar-refractivity contribution in [3.8, 4) is 0 Å². The minimum absolute atomic E-state index is 0.115. The van der Waals surface area contributed by atoms with E-state index in [0.717, 1.165) is 5.69 Å². The fourth-order valence-corrected chi connectivity index (χ4v) is 1.11. The predicted octanol–water partition coefficient (Wildman–Crippen LogP) is 0.108. The van der Waals surface area contributed by atoms with E-state index in [0.29, 0.717) is 5.56 Å². The molecule has 1 heterocycles. The average Bonchev–Trinajstić information content (AvgIpc) is 1.96. The van der Waals surface area contributed by atoms with E-state index in [-0.39, 0.29) is 11.6 Å². The number of aromatic nitrogens is 2. The van der Waals surface area contributed by atoms with Crippen molar-refractivity contribution in [2.75, 3.05) is 0 Å². The van der Waals surface area contributed by atoms with Crippen LogP contribution in [0.3, 0.4) is 0 Å². The van der Waals surface area contributed by atoms with Gasteiger partial charge in [0.1, 0.15) is 0 Å². The molecule has 0 bridgehead atoms. The van der Waals surface area contributed by atoms with Gasteiger partial charge < -0.3 is 5.73 Å². The van der Waals surface area contributed by atoms with Gasteiger partial charge in [0.05, 0.1) is 5.69 Å². The van der Waals surface area contributed by atoms with Crippen molar-refractivity contribution in [1.82, 2.24) is 9.78 Å².